The van der Waals surface area contributed by atoms with Gasteiger partial charge in [0, 0.05) is 61.6 Å². The molecule has 1 N–H and O–H groups in total. The minimum Gasteiger partial charge on any atom is -0.381 e. The molecule has 4 aromatic heterocycles. The summed E-state index contributed by atoms with van der Waals surface area (Å²) in [7, 11) is 1.90. The topological polar surface area (TPSA) is 97.3 Å². The van der Waals surface area contributed by atoms with Gasteiger partial charge in [0.2, 0.25) is 0 Å². The molecule has 5 aromatic rings. The van der Waals surface area contributed by atoms with Gasteiger partial charge < -0.3 is 10.0 Å². The molecule has 0 spiro atoms. The molecule has 10 heteroatoms. The summed E-state index contributed by atoms with van der Waals surface area (Å²) >= 11 is 0. The molecule has 0 amide bonds. The highest BCUT2D eigenvalue weighted by molar-refractivity contribution is 5.78. The number of rotatable bonds is 5. The number of benzene rings is 1. The molecule has 37 heavy (non-hydrogen) atoms. The quantitative estimate of drug-likeness (QED) is 0.397. The molecule has 1 aliphatic heterocycles. The third-order valence-corrected chi connectivity index (χ3v) is 6.84. The lowest BCUT2D eigenvalue weighted by atomic mass is 9.90. The Hall–Kier alpha value is -4.44. The number of aliphatic hydroxyl groups is 1. The van der Waals surface area contributed by atoms with E-state index in [9.17, 15) is 9.50 Å². The van der Waals surface area contributed by atoms with E-state index in [1.54, 1.807) is 42.5 Å². The summed E-state index contributed by atoms with van der Waals surface area (Å²) < 4.78 is 16.9. The Balaban J connectivity index is 1.21. The molecule has 0 bridgehead atoms. The van der Waals surface area contributed by atoms with Crippen molar-refractivity contribution in [3.05, 3.63) is 96.5 Å². The van der Waals surface area contributed by atoms with Gasteiger partial charge in [-0.15, -0.1) is 0 Å². The minimum absolute atomic E-state index is 0.349. The Labute approximate surface area is 212 Å². The molecule has 0 fully saturated rings. The highest BCUT2D eigenvalue weighted by Gasteiger charge is 2.27. The van der Waals surface area contributed by atoms with Gasteiger partial charge in [0.15, 0.2) is 11.6 Å². The molecule has 6 rings (SSSR count). The lowest BCUT2D eigenvalue weighted by Crippen LogP contribution is -2.30. The molecule has 9 nitrogen and oxygen atoms in total. The fraction of sp³-hybridized carbons (Fsp3) is 0.222. The fourth-order valence-electron chi connectivity index (χ4n) is 4.64. The van der Waals surface area contributed by atoms with Crippen LogP contribution in [0.4, 0.5) is 10.2 Å². The summed E-state index contributed by atoms with van der Waals surface area (Å²) in [5, 5.41) is 19.7. The molecule has 1 aromatic carbocycles. The number of hydrogen-bond donors (Lipinski definition) is 1. The number of anilines is 1. The summed E-state index contributed by atoms with van der Waals surface area (Å²) in [6, 6.07) is 7.88. The van der Waals surface area contributed by atoms with E-state index in [-0.39, 0.29) is 5.82 Å². The van der Waals surface area contributed by atoms with Crippen molar-refractivity contribution in [2.75, 3.05) is 18.0 Å². The van der Waals surface area contributed by atoms with Crippen molar-refractivity contribution in [2.24, 2.45) is 7.05 Å². The Bertz CT molecular complexity index is 1600. The summed E-state index contributed by atoms with van der Waals surface area (Å²) in [6.07, 6.45) is 13.5. The number of nitrogens with zero attached hydrogens (tertiary/aromatic N) is 8. The van der Waals surface area contributed by atoms with Crippen molar-refractivity contribution < 1.29 is 9.50 Å². The smallest absolute Gasteiger partial charge is 0.156 e. The van der Waals surface area contributed by atoms with E-state index in [1.807, 2.05) is 30.2 Å². The summed E-state index contributed by atoms with van der Waals surface area (Å²) in [4.78, 5) is 15.8. The third kappa shape index (κ3) is 4.25. The van der Waals surface area contributed by atoms with E-state index >= 15 is 0 Å². The van der Waals surface area contributed by atoms with Crippen molar-refractivity contribution in [1.82, 2.24) is 34.3 Å². The number of fused-ring (bicyclic) bond motifs is 1. The number of halogens is 1. The molecule has 1 atom stereocenters. The van der Waals surface area contributed by atoms with Gasteiger partial charge in [0.25, 0.3) is 0 Å². The van der Waals surface area contributed by atoms with Crippen LogP contribution in [0.5, 0.6) is 0 Å². The van der Waals surface area contributed by atoms with Crippen LogP contribution >= 0.6 is 0 Å². The Morgan fingerprint density at radius 1 is 0.946 bits per heavy atom. The van der Waals surface area contributed by atoms with Crippen LogP contribution in [-0.2, 0) is 12.6 Å². The van der Waals surface area contributed by atoms with Crippen LogP contribution < -0.4 is 4.90 Å². The van der Waals surface area contributed by atoms with Gasteiger partial charge in [-0.1, -0.05) is 18.2 Å². The number of hydrogen-bond acceptors (Lipinski definition) is 7. The second-order valence-electron chi connectivity index (χ2n) is 9.34. The van der Waals surface area contributed by atoms with Gasteiger partial charge in [-0.25, -0.2) is 23.9 Å². The SMILES string of the molecule is Cn1cc(-c2cc3c(N4CC=C(c5ncc([C@@](C)(O)c6ccc(F)cc6)cn5)CC4)ncnn3c2)cn1. The van der Waals surface area contributed by atoms with Gasteiger partial charge in [0.1, 0.15) is 23.3 Å². The molecule has 186 valence electrons. The third-order valence-electron chi connectivity index (χ3n) is 6.84. The lowest BCUT2D eigenvalue weighted by molar-refractivity contribution is 0.101. The zero-order valence-corrected chi connectivity index (χ0v) is 20.5. The first-order valence-electron chi connectivity index (χ1n) is 12.0. The first-order chi connectivity index (χ1) is 17.9. The molecular weight excluding hydrogens is 471 g/mol. The predicted octanol–water partition coefficient (Wildman–Crippen LogP) is 3.61. The average molecular weight is 497 g/mol. The van der Waals surface area contributed by atoms with Gasteiger partial charge in [-0.05, 0) is 42.7 Å². The van der Waals surface area contributed by atoms with Gasteiger partial charge in [-0.2, -0.15) is 10.2 Å². The van der Waals surface area contributed by atoms with E-state index in [2.05, 4.69) is 42.2 Å². The molecular formula is C27H25FN8O. The van der Waals surface area contributed by atoms with E-state index < -0.39 is 5.60 Å². The first-order valence-corrected chi connectivity index (χ1v) is 12.0. The molecule has 0 radical (unpaired) electrons. The van der Waals surface area contributed by atoms with E-state index in [0.717, 1.165) is 41.0 Å². The number of aromatic nitrogens is 7. The zero-order valence-electron chi connectivity index (χ0n) is 20.5. The molecule has 0 saturated carbocycles. The normalized spacial score (nSPS) is 15.6. The Morgan fingerprint density at radius 2 is 1.73 bits per heavy atom. The van der Waals surface area contributed by atoms with Gasteiger partial charge in [0.05, 0.1) is 6.20 Å². The maximum Gasteiger partial charge on any atom is 0.156 e. The van der Waals surface area contributed by atoms with Crippen LogP contribution in [0.3, 0.4) is 0 Å². The largest absolute Gasteiger partial charge is 0.381 e. The minimum atomic E-state index is -1.33. The molecule has 1 aliphatic rings. The second kappa shape index (κ2) is 8.90. The molecule has 0 saturated heterocycles. The van der Waals surface area contributed by atoms with E-state index in [1.165, 1.54) is 12.1 Å². The maximum absolute atomic E-state index is 13.3. The van der Waals surface area contributed by atoms with Crippen LogP contribution in [0.15, 0.2) is 73.7 Å². The average Bonchev–Trinajstić information content (AvgIpc) is 3.55. The second-order valence-corrected chi connectivity index (χ2v) is 9.34. The van der Waals surface area contributed by atoms with Crippen LogP contribution in [0.25, 0.3) is 22.2 Å². The first kappa shape index (κ1) is 23.0. The van der Waals surface area contributed by atoms with Crippen molar-refractivity contribution in [3.8, 4) is 11.1 Å². The Morgan fingerprint density at radius 3 is 2.41 bits per heavy atom. The van der Waals surface area contributed by atoms with Crippen molar-refractivity contribution in [1.29, 1.82) is 0 Å². The zero-order chi connectivity index (χ0) is 25.6. The van der Waals surface area contributed by atoms with Crippen molar-refractivity contribution in [3.63, 3.8) is 0 Å². The summed E-state index contributed by atoms with van der Waals surface area (Å²) in [5.74, 6) is 1.15. The molecule has 5 heterocycles. The summed E-state index contributed by atoms with van der Waals surface area (Å²) in [6.45, 7) is 3.07. The van der Waals surface area contributed by atoms with Crippen LogP contribution in [0.2, 0.25) is 0 Å². The summed E-state index contributed by atoms with van der Waals surface area (Å²) in [5.41, 5.74) is 3.83. The van der Waals surface area contributed by atoms with E-state index in [4.69, 9.17) is 0 Å². The van der Waals surface area contributed by atoms with Crippen LogP contribution in [0, 0.1) is 5.82 Å². The van der Waals surface area contributed by atoms with Crippen molar-refractivity contribution in [2.45, 2.75) is 18.9 Å². The Kier molecular flexibility index (Phi) is 5.53. The van der Waals surface area contributed by atoms with Gasteiger partial charge >= 0.3 is 0 Å². The van der Waals surface area contributed by atoms with E-state index in [0.29, 0.717) is 23.5 Å². The number of aryl methyl sites for hydroxylation is 1. The standard InChI is InChI=1S/C27H25FN8O/c1-27(37,21-3-5-23(28)6-4-21)22-13-29-25(30-14-22)18-7-9-35(10-8-18)26-24-11-19(16-36(24)33-17-31-26)20-12-32-34(2)15-20/h3-7,11-17,37H,8-10H2,1-2H3/t27-/m0/s1. The highest BCUT2D eigenvalue weighted by Crippen LogP contribution is 2.31. The predicted molar refractivity (Wildman–Crippen MR) is 137 cm³/mol. The van der Waals surface area contributed by atoms with Crippen LogP contribution in [0.1, 0.15) is 30.3 Å². The van der Waals surface area contributed by atoms with Crippen molar-refractivity contribution >= 4 is 16.9 Å². The van der Waals surface area contributed by atoms with Gasteiger partial charge in [-0.3, -0.25) is 4.68 Å². The maximum atomic E-state index is 13.3. The molecule has 0 aliphatic carbocycles. The highest BCUT2D eigenvalue weighted by atomic mass is 19.1. The van der Waals surface area contributed by atoms with Crippen LogP contribution in [-0.4, -0.2) is 52.5 Å². The lowest BCUT2D eigenvalue weighted by Gasteiger charge is -2.27. The molecule has 0 unspecified atom stereocenters. The monoisotopic (exact) mass is 496 g/mol. The fourth-order valence-corrected chi connectivity index (χ4v) is 4.64.